The van der Waals surface area contributed by atoms with Gasteiger partial charge in [0.15, 0.2) is 0 Å². The highest BCUT2D eigenvalue weighted by Crippen LogP contribution is 2.14. The maximum Gasteiger partial charge on any atom is 0.320 e. The van der Waals surface area contributed by atoms with E-state index in [9.17, 15) is 4.79 Å². The number of carboxylic acids is 1. The Kier molecular flexibility index (Phi) is 6.54. The smallest absolute Gasteiger partial charge is 0.320 e. The van der Waals surface area contributed by atoms with E-state index in [0.29, 0.717) is 6.04 Å². The van der Waals surface area contributed by atoms with Crippen LogP contribution in [-0.2, 0) is 4.79 Å². The summed E-state index contributed by atoms with van der Waals surface area (Å²) in [5.74, 6) is -0.732. The molecule has 0 heterocycles. The van der Waals surface area contributed by atoms with Gasteiger partial charge in [-0.2, -0.15) is 0 Å². The lowest BCUT2D eigenvalue weighted by Crippen LogP contribution is -2.42. The van der Waals surface area contributed by atoms with Crippen LogP contribution in [0.4, 0.5) is 0 Å². The van der Waals surface area contributed by atoms with Crippen molar-refractivity contribution < 1.29 is 9.90 Å². The van der Waals surface area contributed by atoms with E-state index in [1.807, 2.05) is 11.9 Å². The van der Waals surface area contributed by atoms with Crippen LogP contribution in [0.5, 0.6) is 0 Å². The number of hydrogen-bond donors (Lipinski definition) is 1. The third-order valence-electron chi connectivity index (χ3n) is 2.79. The molecule has 0 bridgehead atoms. The first-order valence-corrected chi connectivity index (χ1v) is 5.49. The Morgan fingerprint density at radius 2 is 1.71 bits per heavy atom. The summed E-state index contributed by atoms with van der Waals surface area (Å²) in [5, 5.41) is 8.90. The molecule has 0 amide bonds. The van der Waals surface area contributed by atoms with Gasteiger partial charge in [0.2, 0.25) is 0 Å². The van der Waals surface area contributed by atoms with E-state index in [0.717, 1.165) is 25.7 Å². The van der Waals surface area contributed by atoms with Crippen LogP contribution in [0.25, 0.3) is 0 Å². The zero-order valence-electron chi connectivity index (χ0n) is 9.79. The lowest BCUT2D eigenvalue weighted by Gasteiger charge is -2.30. The van der Waals surface area contributed by atoms with Gasteiger partial charge in [0, 0.05) is 6.04 Å². The van der Waals surface area contributed by atoms with Crippen molar-refractivity contribution in [3.8, 4) is 0 Å². The van der Waals surface area contributed by atoms with Gasteiger partial charge < -0.3 is 5.11 Å². The standard InChI is InChI=1S/C11H23NO2/c1-5-7-10(8-6-2)12(4)9(3)11(13)14/h9-10H,5-8H2,1-4H3,(H,13,14). The maximum absolute atomic E-state index is 10.8. The van der Waals surface area contributed by atoms with E-state index >= 15 is 0 Å². The number of aliphatic carboxylic acids is 1. The first kappa shape index (κ1) is 13.4. The molecule has 0 fully saturated rings. The number of likely N-dealkylation sites (N-methyl/N-ethyl adjacent to an activating group) is 1. The predicted octanol–water partition coefficient (Wildman–Crippen LogP) is 2.36. The van der Waals surface area contributed by atoms with E-state index in [4.69, 9.17) is 5.11 Å². The molecule has 0 aliphatic carbocycles. The molecule has 0 saturated carbocycles. The van der Waals surface area contributed by atoms with Crippen LogP contribution in [0.2, 0.25) is 0 Å². The summed E-state index contributed by atoms with van der Waals surface area (Å²) in [5.41, 5.74) is 0. The van der Waals surface area contributed by atoms with Crippen LogP contribution >= 0.6 is 0 Å². The van der Waals surface area contributed by atoms with Gasteiger partial charge in [-0.1, -0.05) is 26.7 Å². The summed E-state index contributed by atoms with van der Waals surface area (Å²) < 4.78 is 0. The van der Waals surface area contributed by atoms with E-state index < -0.39 is 5.97 Å². The molecule has 0 aromatic rings. The average molecular weight is 201 g/mol. The van der Waals surface area contributed by atoms with Crippen LogP contribution in [0.1, 0.15) is 46.5 Å². The average Bonchev–Trinajstić information content (AvgIpc) is 2.15. The SMILES string of the molecule is CCCC(CCC)N(C)C(C)C(=O)O. The first-order chi connectivity index (χ1) is 6.54. The summed E-state index contributed by atoms with van der Waals surface area (Å²) in [6.07, 6.45) is 4.40. The highest BCUT2D eigenvalue weighted by Gasteiger charge is 2.22. The third kappa shape index (κ3) is 4.09. The van der Waals surface area contributed by atoms with Gasteiger partial charge in [-0.05, 0) is 26.8 Å². The van der Waals surface area contributed by atoms with Crippen molar-refractivity contribution in [1.29, 1.82) is 0 Å². The summed E-state index contributed by atoms with van der Waals surface area (Å²) in [4.78, 5) is 12.8. The van der Waals surface area contributed by atoms with E-state index in [2.05, 4.69) is 13.8 Å². The number of hydrogen-bond acceptors (Lipinski definition) is 2. The van der Waals surface area contributed by atoms with Crippen molar-refractivity contribution in [2.45, 2.75) is 58.5 Å². The molecule has 84 valence electrons. The minimum absolute atomic E-state index is 0.377. The van der Waals surface area contributed by atoms with Gasteiger partial charge in [0.1, 0.15) is 6.04 Å². The lowest BCUT2D eigenvalue weighted by molar-refractivity contribution is -0.143. The Morgan fingerprint density at radius 3 is 2.00 bits per heavy atom. The number of carbonyl (C=O) groups is 1. The van der Waals surface area contributed by atoms with Gasteiger partial charge in [0.25, 0.3) is 0 Å². The molecule has 3 nitrogen and oxygen atoms in total. The van der Waals surface area contributed by atoms with Crippen molar-refractivity contribution in [1.82, 2.24) is 4.90 Å². The highest BCUT2D eigenvalue weighted by molar-refractivity contribution is 5.72. The van der Waals surface area contributed by atoms with Gasteiger partial charge >= 0.3 is 5.97 Å². The van der Waals surface area contributed by atoms with Crippen LogP contribution in [0, 0.1) is 0 Å². The molecular formula is C11H23NO2. The molecule has 0 aromatic carbocycles. The fourth-order valence-electron chi connectivity index (χ4n) is 1.71. The Labute approximate surface area is 87.1 Å². The molecule has 1 N–H and O–H groups in total. The van der Waals surface area contributed by atoms with Crippen LogP contribution in [0.15, 0.2) is 0 Å². The predicted molar refractivity (Wildman–Crippen MR) is 58.5 cm³/mol. The molecule has 0 rings (SSSR count). The van der Waals surface area contributed by atoms with Gasteiger partial charge in [0.05, 0.1) is 0 Å². The largest absolute Gasteiger partial charge is 0.480 e. The Bertz CT molecular complexity index is 165. The van der Waals surface area contributed by atoms with Crippen molar-refractivity contribution >= 4 is 5.97 Å². The first-order valence-electron chi connectivity index (χ1n) is 5.49. The summed E-state index contributed by atoms with van der Waals surface area (Å²) >= 11 is 0. The molecule has 0 saturated heterocycles. The third-order valence-corrected chi connectivity index (χ3v) is 2.79. The second kappa shape index (κ2) is 6.82. The molecule has 1 atom stereocenters. The summed E-state index contributed by atoms with van der Waals surface area (Å²) in [6.45, 7) is 6.03. The summed E-state index contributed by atoms with van der Waals surface area (Å²) in [6, 6.07) is 0.0363. The zero-order chi connectivity index (χ0) is 11.1. The topological polar surface area (TPSA) is 40.5 Å². The number of rotatable bonds is 7. The quantitative estimate of drug-likeness (QED) is 0.687. The maximum atomic E-state index is 10.8. The second-order valence-electron chi connectivity index (χ2n) is 3.91. The van der Waals surface area contributed by atoms with Gasteiger partial charge in [-0.25, -0.2) is 0 Å². The van der Waals surface area contributed by atoms with Gasteiger partial charge in [-0.15, -0.1) is 0 Å². The molecule has 0 radical (unpaired) electrons. The lowest BCUT2D eigenvalue weighted by atomic mass is 10.0. The second-order valence-corrected chi connectivity index (χ2v) is 3.91. The van der Waals surface area contributed by atoms with Crippen LogP contribution in [-0.4, -0.2) is 35.1 Å². The molecule has 3 heteroatoms. The van der Waals surface area contributed by atoms with E-state index in [-0.39, 0.29) is 6.04 Å². The van der Waals surface area contributed by atoms with Gasteiger partial charge in [-0.3, -0.25) is 9.69 Å². The monoisotopic (exact) mass is 201 g/mol. The fourth-order valence-corrected chi connectivity index (χ4v) is 1.71. The van der Waals surface area contributed by atoms with E-state index in [1.54, 1.807) is 6.92 Å². The van der Waals surface area contributed by atoms with Crippen molar-refractivity contribution in [2.24, 2.45) is 0 Å². The Morgan fingerprint density at radius 1 is 1.29 bits per heavy atom. The van der Waals surface area contributed by atoms with Crippen molar-refractivity contribution in [2.75, 3.05) is 7.05 Å². The Balaban J connectivity index is 4.25. The fraction of sp³-hybridized carbons (Fsp3) is 0.909. The Hall–Kier alpha value is -0.570. The van der Waals surface area contributed by atoms with E-state index in [1.165, 1.54) is 0 Å². The minimum atomic E-state index is -0.732. The highest BCUT2D eigenvalue weighted by atomic mass is 16.4. The molecule has 14 heavy (non-hydrogen) atoms. The molecule has 0 spiro atoms. The number of carboxylic acid groups (broad SMARTS) is 1. The van der Waals surface area contributed by atoms with Crippen molar-refractivity contribution in [3.63, 3.8) is 0 Å². The van der Waals surface area contributed by atoms with Crippen LogP contribution < -0.4 is 0 Å². The minimum Gasteiger partial charge on any atom is -0.480 e. The molecule has 0 aromatic heterocycles. The zero-order valence-corrected chi connectivity index (χ0v) is 9.79. The van der Waals surface area contributed by atoms with Crippen LogP contribution in [0.3, 0.4) is 0 Å². The summed E-state index contributed by atoms with van der Waals surface area (Å²) in [7, 11) is 1.91. The normalized spacial score (nSPS) is 13.6. The number of nitrogens with zero attached hydrogens (tertiary/aromatic N) is 1. The molecular weight excluding hydrogens is 178 g/mol. The van der Waals surface area contributed by atoms with Crippen molar-refractivity contribution in [3.05, 3.63) is 0 Å². The molecule has 0 aliphatic rings. The molecule has 1 unspecified atom stereocenters. The molecule has 0 aliphatic heterocycles.